The number of nitrogen functional groups attached to an aromatic ring is 1. The molecule has 3 heteroatoms. The van der Waals surface area contributed by atoms with Gasteiger partial charge in [0, 0.05) is 16.3 Å². The summed E-state index contributed by atoms with van der Waals surface area (Å²) in [5, 5.41) is 3.25. The minimum atomic E-state index is 0.648. The summed E-state index contributed by atoms with van der Waals surface area (Å²) in [7, 11) is 0. The first kappa shape index (κ1) is 7.55. The quantitative estimate of drug-likeness (QED) is 0.673. The first-order valence-corrected chi connectivity index (χ1v) is 4.67. The van der Waals surface area contributed by atoms with E-state index in [1.165, 1.54) is 15.8 Å². The second kappa shape index (κ2) is 2.45. The Hall–Kier alpha value is -1.09. The molecule has 0 bridgehead atoms. The number of aryl methyl sites for hydroxylation is 2. The van der Waals surface area contributed by atoms with Gasteiger partial charge in [-0.2, -0.15) is 0 Å². The van der Waals surface area contributed by atoms with E-state index in [9.17, 15) is 0 Å². The lowest BCUT2D eigenvalue weighted by molar-refractivity contribution is 1.32. The summed E-state index contributed by atoms with van der Waals surface area (Å²) in [5.74, 6) is 0.648. The Kier molecular flexibility index (Phi) is 1.54. The van der Waals surface area contributed by atoms with Gasteiger partial charge in [-0.05, 0) is 30.4 Å². The van der Waals surface area contributed by atoms with Crippen LogP contribution in [0, 0.1) is 13.8 Å². The fourth-order valence-electron chi connectivity index (χ4n) is 1.34. The van der Waals surface area contributed by atoms with Gasteiger partial charge in [0.15, 0.2) is 0 Å². The molecule has 2 aromatic rings. The summed E-state index contributed by atoms with van der Waals surface area (Å²) in [5.41, 5.74) is 8.20. The molecule has 0 unspecified atom stereocenters. The highest BCUT2D eigenvalue weighted by Gasteiger charge is 2.06. The van der Waals surface area contributed by atoms with Crippen LogP contribution in [0.25, 0.3) is 10.1 Å². The maximum atomic E-state index is 5.77. The highest BCUT2D eigenvalue weighted by atomic mass is 32.1. The smallest absolute Gasteiger partial charge is 0.132 e. The Morgan fingerprint density at radius 3 is 2.75 bits per heavy atom. The van der Waals surface area contributed by atoms with Crippen LogP contribution in [0.15, 0.2) is 11.6 Å². The zero-order valence-corrected chi connectivity index (χ0v) is 7.90. The van der Waals surface area contributed by atoms with Crippen molar-refractivity contribution in [3.63, 3.8) is 0 Å². The van der Waals surface area contributed by atoms with Crippen LogP contribution in [0.1, 0.15) is 11.1 Å². The maximum absolute atomic E-state index is 5.77. The summed E-state index contributed by atoms with van der Waals surface area (Å²) in [6.45, 7) is 4.13. The lowest BCUT2D eigenvalue weighted by Crippen LogP contribution is -1.91. The van der Waals surface area contributed by atoms with Crippen molar-refractivity contribution in [2.45, 2.75) is 13.8 Å². The van der Waals surface area contributed by atoms with Crippen LogP contribution < -0.4 is 5.73 Å². The highest BCUT2D eigenvalue weighted by molar-refractivity contribution is 7.17. The molecule has 0 fully saturated rings. The van der Waals surface area contributed by atoms with Gasteiger partial charge < -0.3 is 5.73 Å². The molecule has 0 saturated carbocycles. The molecule has 2 heterocycles. The zero-order chi connectivity index (χ0) is 8.72. The van der Waals surface area contributed by atoms with E-state index in [-0.39, 0.29) is 0 Å². The van der Waals surface area contributed by atoms with E-state index < -0.39 is 0 Å². The van der Waals surface area contributed by atoms with Gasteiger partial charge >= 0.3 is 0 Å². The molecule has 62 valence electrons. The standard InChI is InChI=1S/C9H10N2S/c1-5-3-11-9(10)7-6(2)4-12-8(5)7/h3-4H,1-2H3,(H2,10,11). The summed E-state index contributed by atoms with van der Waals surface area (Å²) in [6.07, 6.45) is 1.83. The number of fused-ring (bicyclic) bond motifs is 1. The molecule has 0 spiro atoms. The van der Waals surface area contributed by atoms with Gasteiger partial charge in [-0.1, -0.05) is 0 Å². The Morgan fingerprint density at radius 2 is 2.08 bits per heavy atom. The van der Waals surface area contributed by atoms with Gasteiger partial charge in [0.1, 0.15) is 5.82 Å². The number of pyridine rings is 1. The first-order valence-electron chi connectivity index (χ1n) is 3.79. The van der Waals surface area contributed by atoms with Gasteiger partial charge in [0.05, 0.1) is 0 Å². The monoisotopic (exact) mass is 178 g/mol. The van der Waals surface area contributed by atoms with Crippen LogP contribution in [-0.2, 0) is 0 Å². The van der Waals surface area contributed by atoms with E-state index in [2.05, 4.69) is 24.2 Å². The van der Waals surface area contributed by atoms with Crippen molar-refractivity contribution in [1.82, 2.24) is 4.98 Å². The predicted molar refractivity (Wildman–Crippen MR) is 53.5 cm³/mol. The van der Waals surface area contributed by atoms with E-state index in [1.54, 1.807) is 11.3 Å². The van der Waals surface area contributed by atoms with Crippen molar-refractivity contribution in [3.05, 3.63) is 22.7 Å². The van der Waals surface area contributed by atoms with Crippen molar-refractivity contribution in [2.75, 3.05) is 5.73 Å². The molecular formula is C9H10N2S. The molecule has 0 radical (unpaired) electrons. The number of anilines is 1. The number of thiophene rings is 1. The topological polar surface area (TPSA) is 38.9 Å². The fraction of sp³-hybridized carbons (Fsp3) is 0.222. The number of nitrogens with two attached hydrogens (primary N) is 1. The van der Waals surface area contributed by atoms with Crippen molar-refractivity contribution in [2.24, 2.45) is 0 Å². The van der Waals surface area contributed by atoms with E-state index in [1.807, 2.05) is 6.20 Å². The minimum absolute atomic E-state index is 0.648. The average molecular weight is 178 g/mol. The second-order valence-corrected chi connectivity index (χ2v) is 3.83. The van der Waals surface area contributed by atoms with E-state index >= 15 is 0 Å². The molecule has 2 aromatic heterocycles. The second-order valence-electron chi connectivity index (χ2n) is 2.95. The van der Waals surface area contributed by atoms with E-state index in [4.69, 9.17) is 5.73 Å². The minimum Gasteiger partial charge on any atom is -0.383 e. The fourth-order valence-corrected chi connectivity index (χ4v) is 2.38. The van der Waals surface area contributed by atoms with Gasteiger partial charge in [0.2, 0.25) is 0 Å². The van der Waals surface area contributed by atoms with Crippen LogP contribution in [0.5, 0.6) is 0 Å². The third-order valence-corrected chi connectivity index (χ3v) is 3.22. The number of hydrogen-bond acceptors (Lipinski definition) is 3. The Balaban J connectivity index is 2.98. The molecule has 0 amide bonds. The molecule has 2 nitrogen and oxygen atoms in total. The van der Waals surface area contributed by atoms with Crippen LogP contribution in [0.4, 0.5) is 5.82 Å². The molecule has 2 rings (SSSR count). The summed E-state index contributed by atoms with van der Waals surface area (Å²) in [4.78, 5) is 4.12. The summed E-state index contributed by atoms with van der Waals surface area (Å²) >= 11 is 1.73. The third kappa shape index (κ3) is 0.898. The molecule has 2 N–H and O–H groups in total. The molecule has 0 aliphatic heterocycles. The van der Waals surface area contributed by atoms with Gasteiger partial charge in [-0.15, -0.1) is 11.3 Å². The van der Waals surface area contributed by atoms with Gasteiger partial charge in [0.25, 0.3) is 0 Å². The Morgan fingerprint density at radius 1 is 1.33 bits per heavy atom. The first-order chi connectivity index (χ1) is 5.70. The highest BCUT2D eigenvalue weighted by Crippen LogP contribution is 2.30. The normalized spacial score (nSPS) is 10.8. The predicted octanol–water partition coefficient (Wildman–Crippen LogP) is 2.50. The maximum Gasteiger partial charge on any atom is 0.132 e. The third-order valence-electron chi connectivity index (χ3n) is 1.99. The average Bonchev–Trinajstić information content (AvgIpc) is 2.42. The zero-order valence-electron chi connectivity index (χ0n) is 7.09. The number of nitrogens with zero attached hydrogens (tertiary/aromatic N) is 1. The molecule has 12 heavy (non-hydrogen) atoms. The molecule has 0 saturated heterocycles. The van der Waals surface area contributed by atoms with Crippen LogP contribution in [-0.4, -0.2) is 4.98 Å². The summed E-state index contributed by atoms with van der Waals surface area (Å²) in [6, 6.07) is 0. The molecular weight excluding hydrogens is 168 g/mol. The Labute approximate surface area is 75.0 Å². The SMILES string of the molecule is Cc1cnc(N)c2c(C)csc12. The van der Waals surface area contributed by atoms with Crippen molar-refractivity contribution < 1.29 is 0 Å². The summed E-state index contributed by atoms with van der Waals surface area (Å²) < 4.78 is 1.26. The largest absolute Gasteiger partial charge is 0.383 e. The lowest BCUT2D eigenvalue weighted by atomic mass is 10.2. The van der Waals surface area contributed by atoms with Gasteiger partial charge in [-0.3, -0.25) is 0 Å². The molecule has 0 aliphatic rings. The van der Waals surface area contributed by atoms with Gasteiger partial charge in [-0.25, -0.2) is 4.98 Å². The molecule has 0 atom stereocenters. The number of hydrogen-bond donors (Lipinski definition) is 1. The molecule has 0 aliphatic carbocycles. The van der Waals surface area contributed by atoms with E-state index in [0.717, 1.165) is 5.39 Å². The van der Waals surface area contributed by atoms with Crippen LogP contribution in [0.3, 0.4) is 0 Å². The van der Waals surface area contributed by atoms with Crippen molar-refractivity contribution in [1.29, 1.82) is 0 Å². The number of aromatic nitrogens is 1. The molecule has 0 aromatic carbocycles. The number of rotatable bonds is 0. The van der Waals surface area contributed by atoms with Crippen molar-refractivity contribution in [3.8, 4) is 0 Å². The van der Waals surface area contributed by atoms with Crippen LogP contribution in [0.2, 0.25) is 0 Å². The van der Waals surface area contributed by atoms with Crippen LogP contribution >= 0.6 is 11.3 Å². The van der Waals surface area contributed by atoms with Crippen molar-refractivity contribution >= 4 is 27.2 Å². The lowest BCUT2D eigenvalue weighted by Gasteiger charge is -1.98. The Bertz CT molecular complexity index is 431. The van der Waals surface area contributed by atoms with E-state index in [0.29, 0.717) is 5.82 Å².